The number of aliphatic hydroxyl groups is 1. The molecule has 0 amide bonds. The van der Waals surface area contributed by atoms with E-state index >= 15 is 0 Å². The fourth-order valence-electron chi connectivity index (χ4n) is 0.446. The summed E-state index contributed by atoms with van der Waals surface area (Å²) in [5.74, 6) is 0.181. The first-order chi connectivity index (χ1) is 4.22. The number of allylic oxidation sites excluding steroid dienone is 3. The normalized spacial score (nSPS) is 14.0. The van der Waals surface area contributed by atoms with Gasteiger partial charge in [0.1, 0.15) is 5.76 Å². The summed E-state index contributed by atoms with van der Waals surface area (Å²) in [6.07, 6.45) is 4.02. The highest BCUT2D eigenvalue weighted by Crippen LogP contribution is 1.99. The van der Waals surface area contributed by atoms with Gasteiger partial charge in [-0.25, -0.2) is 0 Å². The zero-order valence-corrected chi connectivity index (χ0v) is 5.89. The van der Waals surface area contributed by atoms with Crippen molar-refractivity contribution in [3.63, 3.8) is 0 Å². The second kappa shape index (κ2) is 4.01. The average Bonchev–Trinajstić information content (AvgIpc) is 1.87. The average molecular weight is 127 g/mol. The van der Waals surface area contributed by atoms with Crippen molar-refractivity contribution in [2.24, 2.45) is 5.73 Å². The van der Waals surface area contributed by atoms with Crippen LogP contribution in [0.25, 0.3) is 0 Å². The molecule has 0 bridgehead atoms. The standard InChI is InChI=1S/C7H13NO/c1-3-5-7(9)6(8)4-2/h3,5,9H,4,8H2,1-2H3/b5-3-,7-6-. The molecule has 0 unspecified atom stereocenters. The summed E-state index contributed by atoms with van der Waals surface area (Å²) in [5, 5.41) is 8.99. The minimum atomic E-state index is 0.181. The maximum Gasteiger partial charge on any atom is 0.133 e. The van der Waals surface area contributed by atoms with Crippen LogP contribution in [0.4, 0.5) is 0 Å². The molecular formula is C7H13NO. The summed E-state index contributed by atoms with van der Waals surface area (Å²) in [6.45, 7) is 3.73. The first-order valence-electron chi connectivity index (χ1n) is 3.02. The Morgan fingerprint density at radius 1 is 1.67 bits per heavy atom. The van der Waals surface area contributed by atoms with Crippen LogP contribution in [-0.2, 0) is 0 Å². The van der Waals surface area contributed by atoms with Gasteiger partial charge in [-0.15, -0.1) is 0 Å². The topological polar surface area (TPSA) is 46.2 Å². The van der Waals surface area contributed by atoms with E-state index in [1.54, 1.807) is 12.2 Å². The molecule has 0 fully saturated rings. The maximum atomic E-state index is 8.99. The van der Waals surface area contributed by atoms with Crippen LogP contribution in [0.2, 0.25) is 0 Å². The van der Waals surface area contributed by atoms with E-state index in [-0.39, 0.29) is 5.76 Å². The van der Waals surface area contributed by atoms with Gasteiger partial charge in [0.2, 0.25) is 0 Å². The zero-order valence-electron chi connectivity index (χ0n) is 5.89. The Labute approximate surface area is 55.7 Å². The van der Waals surface area contributed by atoms with Gasteiger partial charge >= 0.3 is 0 Å². The van der Waals surface area contributed by atoms with Crippen LogP contribution in [0.3, 0.4) is 0 Å². The van der Waals surface area contributed by atoms with Gasteiger partial charge < -0.3 is 10.8 Å². The Bertz CT molecular complexity index is 136. The van der Waals surface area contributed by atoms with Crippen molar-refractivity contribution in [1.82, 2.24) is 0 Å². The number of rotatable bonds is 2. The van der Waals surface area contributed by atoms with Crippen LogP contribution in [-0.4, -0.2) is 5.11 Å². The van der Waals surface area contributed by atoms with Crippen molar-refractivity contribution in [3.05, 3.63) is 23.6 Å². The summed E-state index contributed by atoms with van der Waals surface area (Å²) in [6, 6.07) is 0. The van der Waals surface area contributed by atoms with Crippen molar-refractivity contribution < 1.29 is 5.11 Å². The largest absolute Gasteiger partial charge is 0.506 e. The van der Waals surface area contributed by atoms with Gasteiger partial charge in [-0.3, -0.25) is 0 Å². The molecule has 0 aromatic carbocycles. The first kappa shape index (κ1) is 8.08. The van der Waals surface area contributed by atoms with Crippen molar-refractivity contribution in [2.75, 3.05) is 0 Å². The lowest BCUT2D eigenvalue weighted by Crippen LogP contribution is -1.98. The summed E-state index contributed by atoms with van der Waals surface area (Å²) >= 11 is 0. The summed E-state index contributed by atoms with van der Waals surface area (Å²) in [7, 11) is 0. The molecule has 0 aliphatic carbocycles. The van der Waals surface area contributed by atoms with E-state index in [0.717, 1.165) is 0 Å². The minimum Gasteiger partial charge on any atom is -0.506 e. The molecule has 52 valence electrons. The highest BCUT2D eigenvalue weighted by molar-refractivity contribution is 5.15. The van der Waals surface area contributed by atoms with Crippen molar-refractivity contribution in [3.8, 4) is 0 Å². The Balaban J connectivity index is 4.10. The molecular weight excluding hydrogens is 114 g/mol. The molecule has 0 aliphatic rings. The van der Waals surface area contributed by atoms with Gasteiger partial charge in [0.25, 0.3) is 0 Å². The maximum absolute atomic E-state index is 8.99. The zero-order chi connectivity index (χ0) is 7.28. The van der Waals surface area contributed by atoms with E-state index < -0.39 is 0 Å². The number of hydrogen-bond acceptors (Lipinski definition) is 2. The molecule has 0 spiro atoms. The molecule has 0 atom stereocenters. The molecule has 3 N–H and O–H groups in total. The Morgan fingerprint density at radius 2 is 2.22 bits per heavy atom. The van der Waals surface area contributed by atoms with Gasteiger partial charge in [-0.1, -0.05) is 13.0 Å². The van der Waals surface area contributed by atoms with Crippen LogP contribution in [0.5, 0.6) is 0 Å². The molecule has 0 heterocycles. The molecule has 0 aliphatic heterocycles. The quantitative estimate of drug-likeness (QED) is 0.438. The SMILES string of the molecule is C/C=C\C(O)=C(\N)CC. The molecule has 0 saturated heterocycles. The van der Waals surface area contributed by atoms with E-state index in [2.05, 4.69) is 0 Å². The molecule has 0 radical (unpaired) electrons. The molecule has 9 heavy (non-hydrogen) atoms. The highest BCUT2D eigenvalue weighted by Gasteiger charge is 1.90. The van der Waals surface area contributed by atoms with Crippen molar-refractivity contribution in [2.45, 2.75) is 20.3 Å². The molecule has 2 heteroatoms. The third-order valence-corrected chi connectivity index (χ3v) is 1.03. The van der Waals surface area contributed by atoms with Gasteiger partial charge in [-0.2, -0.15) is 0 Å². The van der Waals surface area contributed by atoms with Gasteiger partial charge in [0.05, 0.1) is 5.70 Å². The van der Waals surface area contributed by atoms with Crippen LogP contribution >= 0.6 is 0 Å². The Kier molecular flexibility index (Phi) is 3.60. The van der Waals surface area contributed by atoms with Crippen LogP contribution in [0.15, 0.2) is 23.6 Å². The van der Waals surface area contributed by atoms with Gasteiger partial charge in [-0.05, 0) is 19.4 Å². The Morgan fingerprint density at radius 3 is 2.56 bits per heavy atom. The molecule has 0 aromatic rings. The first-order valence-corrected chi connectivity index (χ1v) is 3.02. The van der Waals surface area contributed by atoms with E-state index in [9.17, 15) is 0 Å². The van der Waals surface area contributed by atoms with Gasteiger partial charge in [0, 0.05) is 0 Å². The summed E-state index contributed by atoms with van der Waals surface area (Å²) < 4.78 is 0. The monoisotopic (exact) mass is 127 g/mol. The van der Waals surface area contributed by atoms with Crippen LogP contribution in [0, 0.1) is 0 Å². The number of aliphatic hydroxyl groups excluding tert-OH is 1. The lowest BCUT2D eigenvalue weighted by molar-refractivity contribution is 0.422. The van der Waals surface area contributed by atoms with Gasteiger partial charge in [0.15, 0.2) is 0 Å². The van der Waals surface area contributed by atoms with E-state index in [0.29, 0.717) is 12.1 Å². The fraction of sp³-hybridized carbons (Fsp3) is 0.429. The predicted octanol–water partition coefficient (Wildman–Crippen LogP) is 1.70. The summed E-state index contributed by atoms with van der Waals surface area (Å²) in [5.41, 5.74) is 5.92. The number of hydrogen-bond donors (Lipinski definition) is 2. The minimum absolute atomic E-state index is 0.181. The van der Waals surface area contributed by atoms with Crippen LogP contribution in [0.1, 0.15) is 20.3 Å². The molecule has 0 saturated carbocycles. The third-order valence-electron chi connectivity index (χ3n) is 1.03. The third kappa shape index (κ3) is 2.80. The Hall–Kier alpha value is -0.920. The second-order valence-electron chi connectivity index (χ2n) is 1.76. The van der Waals surface area contributed by atoms with Crippen LogP contribution < -0.4 is 5.73 Å². The lowest BCUT2D eigenvalue weighted by Gasteiger charge is -1.96. The predicted molar refractivity (Wildman–Crippen MR) is 38.9 cm³/mol. The van der Waals surface area contributed by atoms with E-state index in [4.69, 9.17) is 10.8 Å². The second-order valence-corrected chi connectivity index (χ2v) is 1.76. The number of nitrogens with two attached hydrogens (primary N) is 1. The van der Waals surface area contributed by atoms with Crippen molar-refractivity contribution >= 4 is 0 Å². The molecule has 2 nitrogen and oxygen atoms in total. The smallest absolute Gasteiger partial charge is 0.133 e. The van der Waals surface area contributed by atoms with E-state index in [1.165, 1.54) is 0 Å². The van der Waals surface area contributed by atoms with E-state index in [1.807, 2.05) is 13.8 Å². The highest BCUT2D eigenvalue weighted by atomic mass is 16.3. The van der Waals surface area contributed by atoms with Crippen molar-refractivity contribution in [1.29, 1.82) is 0 Å². The summed E-state index contributed by atoms with van der Waals surface area (Å²) in [4.78, 5) is 0. The lowest BCUT2D eigenvalue weighted by atomic mass is 10.3. The molecule has 0 rings (SSSR count). The molecule has 0 aromatic heterocycles. The fourth-order valence-corrected chi connectivity index (χ4v) is 0.446.